The van der Waals surface area contributed by atoms with E-state index in [1.54, 1.807) is 19.2 Å². The molecule has 0 atom stereocenters. The summed E-state index contributed by atoms with van der Waals surface area (Å²) in [6.45, 7) is 1.28. The van der Waals surface area contributed by atoms with Gasteiger partial charge in [-0.25, -0.2) is 5.43 Å². The Morgan fingerprint density at radius 1 is 0.950 bits per heavy atom. The quantitative estimate of drug-likeness (QED) is 0.0946. The number of nitrogens with one attached hydrogen (secondary N) is 1. The van der Waals surface area contributed by atoms with Crippen LogP contribution in [0.4, 0.5) is 0 Å². The third-order valence-corrected chi connectivity index (χ3v) is 6.39. The van der Waals surface area contributed by atoms with Crippen molar-refractivity contribution < 1.29 is 28.5 Å². The molecule has 1 heterocycles. The van der Waals surface area contributed by atoms with E-state index in [4.69, 9.17) is 18.9 Å². The minimum atomic E-state index is -0.513. The highest BCUT2D eigenvalue weighted by Crippen LogP contribution is 2.38. The van der Waals surface area contributed by atoms with E-state index in [1.807, 2.05) is 59.2 Å². The van der Waals surface area contributed by atoms with Crippen molar-refractivity contribution in [2.24, 2.45) is 5.10 Å². The molecule has 0 unspecified atom stereocenters. The summed E-state index contributed by atoms with van der Waals surface area (Å²) in [4.78, 5) is 24.0. The van der Waals surface area contributed by atoms with Gasteiger partial charge >= 0.3 is 5.97 Å². The smallest absolute Gasteiger partial charge is 0.308 e. The number of rotatable bonds is 11. The number of nitrogens with zero attached hydrogens (tertiary/aromatic N) is 4. The molecule has 11 nitrogen and oxygen atoms in total. The van der Waals surface area contributed by atoms with Crippen molar-refractivity contribution in [3.05, 3.63) is 72.3 Å². The van der Waals surface area contributed by atoms with Crippen LogP contribution in [0, 0.1) is 0 Å². The van der Waals surface area contributed by atoms with Gasteiger partial charge in [0.2, 0.25) is 5.75 Å². The largest absolute Gasteiger partial charge is 0.497 e. The molecule has 0 aliphatic heterocycles. The predicted molar refractivity (Wildman–Crippen MR) is 151 cm³/mol. The van der Waals surface area contributed by atoms with Crippen molar-refractivity contribution in [2.75, 3.05) is 27.1 Å². The fourth-order valence-electron chi connectivity index (χ4n) is 3.66. The molecule has 0 saturated heterocycles. The third kappa shape index (κ3) is 6.77. The van der Waals surface area contributed by atoms with Gasteiger partial charge in [0.15, 0.2) is 22.5 Å². The highest BCUT2D eigenvalue weighted by molar-refractivity contribution is 7.99. The zero-order valence-electron chi connectivity index (χ0n) is 22.3. The molecule has 0 spiro atoms. The van der Waals surface area contributed by atoms with Gasteiger partial charge < -0.3 is 18.9 Å². The van der Waals surface area contributed by atoms with E-state index in [0.29, 0.717) is 16.5 Å². The van der Waals surface area contributed by atoms with Gasteiger partial charge in [0.05, 0.1) is 33.3 Å². The Morgan fingerprint density at radius 2 is 1.62 bits per heavy atom. The lowest BCUT2D eigenvalue weighted by molar-refractivity contribution is -0.132. The molecule has 0 saturated carbocycles. The molecule has 0 radical (unpaired) electrons. The summed E-state index contributed by atoms with van der Waals surface area (Å²) in [5, 5.41) is 13.3. The van der Waals surface area contributed by atoms with Crippen molar-refractivity contribution in [3.8, 4) is 40.1 Å². The van der Waals surface area contributed by atoms with Crippen molar-refractivity contribution >= 4 is 29.9 Å². The van der Waals surface area contributed by atoms with Gasteiger partial charge in [-0.05, 0) is 36.4 Å². The number of benzene rings is 3. The first-order valence-electron chi connectivity index (χ1n) is 12.0. The molecule has 0 fully saturated rings. The fourth-order valence-corrected chi connectivity index (χ4v) is 4.41. The number of hydrogen-bond acceptors (Lipinski definition) is 10. The Morgan fingerprint density at radius 3 is 2.23 bits per heavy atom. The molecule has 1 aromatic heterocycles. The second kappa shape index (κ2) is 13.3. The molecule has 1 N–H and O–H groups in total. The Bertz CT molecular complexity index is 1480. The maximum Gasteiger partial charge on any atom is 0.308 e. The Balaban J connectivity index is 1.48. The van der Waals surface area contributed by atoms with Crippen molar-refractivity contribution in [1.82, 2.24) is 20.2 Å². The molecule has 0 aliphatic rings. The van der Waals surface area contributed by atoms with Crippen LogP contribution in [-0.2, 0) is 9.59 Å². The molecule has 40 heavy (non-hydrogen) atoms. The van der Waals surface area contributed by atoms with E-state index < -0.39 is 5.97 Å². The SMILES string of the molecule is COc1ccc(-n2c(SCC(=O)NN=Cc3cc(OC)c(OC(C)=O)c(OC)c3)nnc2-c2ccccc2)cc1. The lowest BCUT2D eigenvalue weighted by Crippen LogP contribution is -2.20. The van der Waals surface area contributed by atoms with Crippen LogP contribution in [0.1, 0.15) is 12.5 Å². The first kappa shape index (κ1) is 28.2. The molecule has 4 aromatic rings. The van der Waals surface area contributed by atoms with Crippen LogP contribution in [0.2, 0.25) is 0 Å². The lowest BCUT2D eigenvalue weighted by atomic mass is 10.2. The molecule has 0 aliphatic carbocycles. The fraction of sp³-hybridized carbons (Fsp3) is 0.179. The molecular weight excluding hydrogens is 534 g/mol. The lowest BCUT2D eigenvalue weighted by Gasteiger charge is -2.13. The minimum Gasteiger partial charge on any atom is -0.497 e. The number of thioether (sulfide) groups is 1. The zero-order chi connectivity index (χ0) is 28.5. The highest BCUT2D eigenvalue weighted by Gasteiger charge is 2.18. The maximum absolute atomic E-state index is 12.6. The summed E-state index contributed by atoms with van der Waals surface area (Å²) in [6, 6.07) is 20.4. The second-order valence-electron chi connectivity index (χ2n) is 8.14. The average Bonchev–Trinajstić information content (AvgIpc) is 3.40. The molecular formula is C28H27N5O6S. The average molecular weight is 562 g/mol. The summed E-state index contributed by atoms with van der Waals surface area (Å²) >= 11 is 1.23. The normalized spacial score (nSPS) is 10.8. The van der Waals surface area contributed by atoms with E-state index in [-0.39, 0.29) is 28.9 Å². The van der Waals surface area contributed by atoms with Crippen LogP contribution in [-0.4, -0.2) is 59.9 Å². The van der Waals surface area contributed by atoms with Crippen LogP contribution in [0.3, 0.4) is 0 Å². The molecule has 4 rings (SSSR count). The predicted octanol–water partition coefficient (Wildman–Crippen LogP) is 4.13. The van der Waals surface area contributed by atoms with Crippen LogP contribution in [0.15, 0.2) is 77.0 Å². The standard InChI is InChI=1S/C28H27N5O6S/c1-18(34)39-26-23(37-3)14-19(15-24(26)38-4)16-29-30-25(35)17-40-28-32-31-27(20-8-6-5-7-9-20)33(28)21-10-12-22(36-2)13-11-21/h5-16H,17H2,1-4H3,(H,30,35). The second-order valence-corrected chi connectivity index (χ2v) is 9.08. The Labute approximate surface area is 235 Å². The number of esters is 1. The number of hydrazone groups is 1. The molecule has 3 aromatic carbocycles. The molecule has 206 valence electrons. The van der Waals surface area contributed by atoms with Gasteiger partial charge in [-0.3, -0.25) is 14.2 Å². The Hall–Kier alpha value is -4.84. The minimum absolute atomic E-state index is 0.0401. The number of hydrogen-bond donors (Lipinski definition) is 1. The van der Waals surface area contributed by atoms with E-state index in [2.05, 4.69) is 20.7 Å². The monoisotopic (exact) mass is 561 g/mol. The van der Waals surface area contributed by atoms with Crippen LogP contribution in [0.5, 0.6) is 23.0 Å². The van der Waals surface area contributed by atoms with Gasteiger partial charge in [-0.1, -0.05) is 42.1 Å². The maximum atomic E-state index is 12.6. The molecule has 1 amide bonds. The number of carbonyl (C=O) groups excluding carboxylic acids is 2. The van der Waals surface area contributed by atoms with E-state index in [1.165, 1.54) is 39.1 Å². The molecule has 0 bridgehead atoms. The summed E-state index contributed by atoms with van der Waals surface area (Å²) < 4.78 is 23.0. The first-order valence-corrected chi connectivity index (χ1v) is 13.0. The molecule has 12 heteroatoms. The topological polar surface area (TPSA) is 126 Å². The highest BCUT2D eigenvalue weighted by atomic mass is 32.2. The number of aromatic nitrogens is 3. The van der Waals surface area contributed by atoms with Gasteiger partial charge in [-0.15, -0.1) is 10.2 Å². The summed E-state index contributed by atoms with van der Waals surface area (Å²) in [5.41, 5.74) is 4.78. The van der Waals surface area contributed by atoms with Gasteiger partial charge in [0, 0.05) is 23.7 Å². The number of amides is 1. The van der Waals surface area contributed by atoms with E-state index in [9.17, 15) is 9.59 Å². The van der Waals surface area contributed by atoms with Crippen molar-refractivity contribution in [2.45, 2.75) is 12.1 Å². The first-order chi connectivity index (χ1) is 19.4. The summed E-state index contributed by atoms with van der Waals surface area (Å²) in [6.07, 6.45) is 1.43. The number of carbonyl (C=O) groups is 2. The number of ether oxygens (including phenoxy) is 4. The number of methoxy groups -OCH3 is 3. The summed E-state index contributed by atoms with van der Waals surface area (Å²) in [7, 11) is 4.49. The van der Waals surface area contributed by atoms with Gasteiger partial charge in [-0.2, -0.15) is 5.10 Å². The summed E-state index contributed by atoms with van der Waals surface area (Å²) in [5.74, 6) is 1.27. The van der Waals surface area contributed by atoms with Gasteiger partial charge in [0.25, 0.3) is 5.91 Å². The van der Waals surface area contributed by atoms with E-state index in [0.717, 1.165) is 17.0 Å². The van der Waals surface area contributed by atoms with E-state index >= 15 is 0 Å². The van der Waals surface area contributed by atoms with Crippen molar-refractivity contribution in [3.63, 3.8) is 0 Å². The van der Waals surface area contributed by atoms with Crippen molar-refractivity contribution in [1.29, 1.82) is 0 Å². The van der Waals surface area contributed by atoms with Crippen LogP contribution >= 0.6 is 11.8 Å². The van der Waals surface area contributed by atoms with Crippen LogP contribution < -0.4 is 24.4 Å². The van der Waals surface area contributed by atoms with Crippen LogP contribution in [0.25, 0.3) is 17.1 Å². The van der Waals surface area contributed by atoms with Gasteiger partial charge in [0.1, 0.15) is 5.75 Å². The third-order valence-electron chi connectivity index (χ3n) is 5.46. The zero-order valence-corrected chi connectivity index (χ0v) is 23.1. The Kier molecular flexibility index (Phi) is 9.36.